The van der Waals surface area contributed by atoms with Gasteiger partial charge in [0.15, 0.2) is 0 Å². The Morgan fingerprint density at radius 3 is 2.31 bits per heavy atom. The molecule has 0 bridgehead atoms. The lowest BCUT2D eigenvalue weighted by Gasteiger charge is -2.34. The third-order valence-electron chi connectivity index (χ3n) is 6.69. The highest BCUT2D eigenvalue weighted by Crippen LogP contribution is 2.48. The highest BCUT2D eigenvalue weighted by Gasteiger charge is 2.48. The molecule has 2 heterocycles. The third kappa shape index (κ3) is 4.65. The number of fused-ring (bicyclic) bond motifs is 1. The van der Waals surface area contributed by atoms with Crippen molar-refractivity contribution in [2.75, 3.05) is 16.4 Å². The van der Waals surface area contributed by atoms with Gasteiger partial charge in [-0.25, -0.2) is 17.2 Å². The van der Waals surface area contributed by atoms with Crippen LogP contribution in [0.25, 0.3) is 0 Å². The maximum Gasteiger partial charge on any atom is 0.387 e. The fourth-order valence-electron chi connectivity index (χ4n) is 4.46. The summed E-state index contributed by atoms with van der Waals surface area (Å²) < 4.78 is 83.3. The fraction of sp³-hybridized carbons (Fsp3) is 0.417. The number of nitrogens with zero attached hydrogens (tertiary/aromatic N) is 1. The Balaban J connectivity index is 1.72. The summed E-state index contributed by atoms with van der Waals surface area (Å²) in [4.78, 5) is 27.0. The number of amides is 2. The first kappa shape index (κ1) is 25.9. The summed E-state index contributed by atoms with van der Waals surface area (Å²) in [7, 11) is -3.17. The van der Waals surface area contributed by atoms with Gasteiger partial charge in [-0.05, 0) is 63.4 Å². The Morgan fingerprint density at radius 2 is 1.69 bits per heavy atom. The molecule has 2 amide bonds. The molecular formula is C24H24F4N2O5S. The van der Waals surface area contributed by atoms with E-state index in [0.29, 0.717) is 0 Å². The Hall–Kier alpha value is -3.15. The molecule has 0 spiro atoms. The van der Waals surface area contributed by atoms with Crippen LogP contribution >= 0.6 is 0 Å². The molecule has 0 unspecified atom stereocenters. The Labute approximate surface area is 205 Å². The van der Waals surface area contributed by atoms with E-state index in [2.05, 4.69) is 10.1 Å². The lowest BCUT2D eigenvalue weighted by molar-refractivity contribution is -0.121. The molecular weight excluding hydrogens is 504 g/mol. The van der Waals surface area contributed by atoms with Gasteiger partial charge in [-0.3, -0.25) is 14.5 Å². The van der Waals surface area contributed by atoms with Gasteiger partial charge in [0.05, 0.1) is 28.3 Å². The third-order valence-corrected chi connectivity index (χ3v) is 8.34. The molecule has 0 aromatic heterocycles. The summed E-state index contributed by atoms with van der Waals surface area (Å²) in [5, 5.41) is 2.77. The second-order valence-corrected chi connectivity index (χ2v) is 12.1. The van der Waals surface area contributed by atoms with E-state index in [1.165, 1.54) is 19.9 Å². The van der Waals surface area contributed by atoms with Crippen molar-refractivity contribution < 1.29 is 40.3 Å². The second-order valence-electron chi connectivity index (χ2n) is 9.78. The van der Waals surface area contributed by atoms with Crippen molar-refractivity contribution in [1.82, 2.24) is 5.32 Å². The van der Waals surface area contributed by atoms with Crippen LogP contribution in [0.3, 0.4) is 0 Å². The van der Waals surface area contributed by atoms with Crippen LogP contribution in [0.2, 0.25) is 0 Å². The van der Waals surface area contributed by atoms with Crippen molar-refractivity contribution in [3.8, 4) is 5.75 Å². The molecule has 7 nitrogen and oxygen atoms in total. The summed E-state index contributed by atoms with van der Waals surface area (Å²) >= 11 is 0. The van der Waals surface area contributed by atoms with Gasteiger partial charge in [-0.2, -0.15) is 8.78 Å². The summed E-state index contributed by atoms with van der Waals surface area (Å²) in [5.74, 6) is -3.93. The van der Waals surface area contributed by atoms with Crippen LogP contribution in [-0.2, 0) is 20.0 Å². The van der Waals surface area contributed by atoms with E-state index in [1.54, 1.807) is 6.92 Å². The number of halogens is 4. The SMILES string of the molecule is CC1(NC(=O)c2cc(F)c3c(c2)C(C)(C)C(=O)N3c2cc(OC(F)F)ccc2F)CCS(=O)(=O)CC1. The molecule has 194 valence electrons. The second kappa shape index (κ2) is 8.75. The lowest BCUT2D eigenvalue weighted by atomic mass is 9.85. The number of benzene rings is 2. The Morgan fingerprint density at radius 1 is 1.06 bits per heavy atom. The molecule has 2 aliphatic rings. The van der Waals surface area contributed by atoms with E-state index in [0.717, 1.165) is 29.2 Å². The Kier molecular flexibility index (Phi) is 6.30. The van der Waals surface area contributed by atoms with Crippen molar-refractivity contribution in [2.45, 2.75) is 51.2 Å². The zero-order valence-corrected chi connectivity index (χ0v) is 20.5. The number of hydrogen-bond acceptors (Lipinski definition) is 5. The number of carbonyl (C=O) groups is 2. The van der Waals surface area contributed by atoms with Crippen molar-refractivity contribution in [3.05, 3.63) is 53.1 Å². The number of hydrogen-bond donors (Lipinski definition) is 1. The van der Waals surface area contributed by atoms with Crippen LogP contribution in [0.15, 0.2) is 30.3 Å². The molecule has 2 aromatic rings. The molecule has 0 aliphatic carbocycles. The highest BCUT2D eigenvalue weighted by molar-refractivity contribution is 7.91. The number of rotatable bonds is 5. The smallest absolute Gasteiger partial charge is 0.387 e. The topological polar surface area (TPSA) is 92.8 Å². The minimum absolute atomic E-state index is 0.0846. The summed E-state index contributed by atoms with van der Waals surface area (Å²) in [6.07, 6.45) is 0.394. The monoisotopic (exact) mass is 528 g/mol. The van der Waals surface area contributed by atoms with Gasteiger partial charge < -0.3 is 10.1 Å². The molecule has 0 saturated carbocycles. The average Bonchev–Trinajstić information content (AvgIpc) is 2.98. The molecule has 36 heavy (non-hydrogen) atoms. The van der Waals surface area contributed by atoms with Gasteiger partial charge in [-0.1, -0.05) is 0 Å². The Bertz CT molecular complexity index is 1350. The van der Waals surface area contributed by atoms with Crippen molar-refractivity contribution in [1.29, 1.82) is 0 Å². The van der Waals surface area contributed by atoms with Gasteiger partial charge in [0.25, 0.3) is 5.91 Å². The van der Waals surface area contributed by atoms with Gasteiger partial charge in [0.2, 0.25) is 5.91 Å². The number of nitrogens with one attached hydrogen (secondary N) is 1. The van der Waals surface area contributed by atoms with Crippen molar-refractivity contribution in [3.63, 3.8) is 0 Å². The van der Waals surface area contributed by atoms with E-state index in [4.69, 9.17) is 0 Å². The van der Waals surface area contributed by atoms with Crippen LogP contribution in [0.1, 0.15) is 49.5 Å². The standard InChI is InChI=1S/C24H24F4N2O5S/c1-23(2)15-10-13(20(31)29-24(3)6-8-36(33,34)9-7-24)11-17(26)19(15)30(21(23)32)18-12-14(35-22(27)28)4-5-16(18)25/h4-5,10-12,22H,6-9H2,1-3H3,(H,29,31). The summed E-state index contributed by atoms with van der Waals surface area (Å²) in [6.45, 7) is 1.46. The average molecular weight is 529 g/mol. The minimum atomic E-state index is -3.19. The summed E-state index contributed by atoms with van der Waals surface area (Å²) in [6, 6.07) is 4.89. The molecule has 2 aromatic carbocycles. The number of alkyl halides is 2. The molecule has 1 fully saturated rings. The van der Waals surface area contributed by atoms with E-state index < -0.39 is 62.3 Å². The molecule has 4 rings (SSSR count). The van der Waals surface area contributed by atoms with E-state index >= 15 is 4.39 Å². The van der Waals surface area contributed by atoms with Gasteiger partial charge >= 0.3 is 6.61 Å². The summed E-state index contributed by atoms with van der Waals surface area (Å²) in [5.41, 5.74) is -2.97. The number of sulfone groups is 1. The van der Waals surface area contributed by atoms with Crippen LogP contribution < -0.4 is 15.0 Å². The lowest BCUT2D eigenvalue weighted by Crippen LogP contribution is -2.51. The van der Waals surface area contributed by atoms with E-state index in [9.17, 15) is 31.2 Å². The predicted octanol–water partition coefficient (Wildman–Crippen LogP) is 4.22. The minimum Gasteiger partial charge on any atom is -0.435 e. The van der Waals surface area contributed by atoms with Gasteiger partial charge in [0.1, 0.15) is 27.2 Å². The van der Waals surface area contributed by atoms with Crippen LogP contribution in [-0.4, -0.2) is 43.9 Å². The van der Waals surface area contributed by atoms with Crippen LogP contribution in [0.5, 0.6) is 5.75 Å². The van der Waals surface area contributed by atoms with Gasteiger partial charge in [-0.15, -0.1) is 0 Å². The van der Waals surface area contributed by atoms with Crippen molar-refractivity contribution >= 4 is 33.0 Å². The molecule has 12 heteroatoms. The molecule has 0 radical (unpaired) electrons. The molecule has 2 aliphatic heterocycles. The maximum absolute atomic E-state index is 15.5. The molecule has 0 atom stereocenters. The largest absolute Gasteiger partial charge is 0.435 e. The highest BCUT2D eigenvalue weighted by atomic mass is 32.2. The first-order chi connectivity index (χ1) is 16.6. The van der Waals surface area contributed by atoms with Crippen LogP contribution in [0, 0.1) is 11.6 Å². The first-order valence-electron chi connectivity index (χ1n) is 11.1. The van der Waals surface area contributed by atoms with E-state index in [1.807, 2.05) is 0 Å². The first-order valence-corrected chi connectivity index (χ1v) is 12.9. The maximum atomic E-state index is 15.5. The molecule has 1 N–H and O–H groups in total. The van der Waals surface area contributed by atoms with Crippen LogP contribution in [0.4, 0.5) is 28.9 Å². The van der Waals surface area contributed by atoms with Gasteiger partial charge in [0, 0.05) is 17.2 Å². The molecule has 1 saturated heterocycles. The number of ether oxygens (including phenoxy) is 1. The predicted molar refractivity (Wildman–Crippen MR) is 123 cm³/mol. The normalized spacial score (nSPS) is 19.8. The zero-order valence-electron chi connectivity index (χ0n) is 19.7. The van der Waals surface area contributed by atoms with E-state index in [-0.39, 0.29) is 41.2 Å². The zero-order chi connectivity index (χ0) is 26.6. The fourth-order valence-corrected chi connectivity index (χ4v) is 6.19. The number of anilines is 2. The quantitative estimate of drug-likeness (QED) is 0.587. The van der Waals surface area contributed by atoms with Crippen molar-refractivity contribution in [2.24, 2.45) is 0 Å². The number of carbonyl (C=O) groups excluding carboxylic acids is 2.